The molecule has 2 nitrogen and oxygen atoms in total. The number of hydrogen-bond acceptors (Lipinski definition) is 2. The molecule has 0 aliphatic heterocycles. The lowest BCUT2D eigenvalue weighted by atomic mass is 10.0. The Balaban J connectivity index is 0.00000128. The summed E-state index contributed by atoms with van der Waals surface area (Å²) in [7, 11) is 1.69. The highest BCUT2D eigenvalue weighted by atomic mass is 35.5. The number of fused-ring (bicyclic) bond motifs is 1. The van der Waals surface area contributed by atoms with E-state index in [1.807, 2.05) is 6.07 Å². The summed E-state index contributed by atoms with van der Waals surface area (Å²) in [6.07, 6.45) is 0.907. The van der Waals surface area contributed by atoms with Crippen LogP contribution in [-0.2, 0) is 6.42 Å². The van der Waals surface area contributed by atoms with Crippen molar-refractivity contribution in [3.8, 4) is 5.75 Å². The molecule has 0 radical (unpaired) electrons. The first-order valence-electron chi connectivity index (χ1n) is 5.11. The van der Waals surface area contributed by atoms with Gasteiger partial charge in [-0.05, 0) is 41.4 Å². The number of nitrogens with two attached hydrogens (primary N) is 1. The maximum atomic E-state index is 5.59. The summed E-state index contributed by atoms with van der Waals surface area (Å²) in [6.45, 7) is 0.677. The third-order valence-electron chi connectivity index (χ3n) is 2.59. The third kappa shape index (κ3) is 2.46. The van der Waals surface area contributed by atoms with E-state index in [9.17, 15) is 0 Å². The van der Waals surface area contributed by atoms with Crippen LogP contribution < -0.4 is 10.5 Å². The quantitative estimate of drug-likeness (QED) is 0.891. The minimum Gasteiger partial charge on any atom is -0.497 e. The van der Waals surface area contributed by atoms with Crippen LogP contribution in [0.4, 0.5) is 0 Å². The summed E-state index contributed by atoms with van der Waals surface area (Å²) in [5.41, 5.74) is 6.88. The predicted octanol–water partition coefficient (Wildman–Crippen LogP) is 2.77. The van der Waals surface area contributed by atoms with Crippen molar-refractivity contribution in [2.24, 2.45) is 5.73 Å². The van der Waals surface area contributed by atoms with Crippen molar-refractivity contribution in [3.63, 3.8) is 0 Å². The summed E-state index contributed by atoms with van der Waals surface area (Å²) in [6, 6.07) is 12.4. The monoisotopic (exact) mass is 237 g/mol. The first kappa shape index (κ1) is 12.8. The largest absolute Gasteiger partial charge is 0.497 e. The van der Waals surface area contributed by atoms with Crippen molar-refractivity contribution in [2.75, 3.05) is 13.7 Å². The summed E-state index contributed by atoms with van der Waals surface area (Å²) < 4.78 is 5.22. The molecule has 0 amide bonds. The lowest BCUT2D eigenvalue weighted by Crippen LogP contribution is -2.03. The highest BCUT2D eigenvalue weighted by Crippen LogP contribution is 2.24. The smallest absolute Gasteiger partial charge is 0.119 e. The lowest BCUT2D eigenvalue weighted by molar-refractivity contribution is 0.415. The molecule has 2 N–H and O–H groups in total. The van der Waals surface area contributed by atoms with Gasteiger partial charge in [-0.2, -0.15) is 0 Å². The van der Waals surface area contributed by atoms with Crippen LogP contribution in [0.2, 0.25) is 0 Å². The Morgan fingerprint density at radius 2 is 2.00 bits per heavy atom. The van der Waals surface area contributed by atoms with Crippen molar-refractivity contribution in [3.05, 3.63) is 42.0 Å². The lowest BCUT2D eigenvalue weighted by Gasteiger charge is -2.07. The Labute approximate surface area is 102 Å². The fraction of sp³-hybridized carbons (Fsp3) is 0.231. The van der Waals surface area contributed by atoms with Crippen LogP contribution in [0.3, 0.4) is 0 Å². The van der Waals surface area contributed by atoms with Gasteiger partial charge in [-0.25, -0.2) is 0 Å². The molecule has 0 heterocycles. The number of ether oxygens (including phenoxy) is 1. The average molecular weight is 238 g/mol. The Hall–Kier alpha value is -1.25. The van der Waals surface area contributed by atoms with Crippen LogP contribution in [0, 0.1) is 0 Å². The molecule has 0 saturated carbocycles. The van der Waals surface area contributed by atoms with Gasteiger partial charge in [0, 0.05) is 0 Å². The molecule has 86 valence electrons. The predicted molar refractivity (Wildman–Crippen MR) is 70.5 cm³/mol. The van der Waals surface area contributed by atoms with Gasteiger partial charge in [0.25, 0.3) is 0 Å². The van der Waals surface area contributed by atoms with Crippen molar-refractivity contribution in [1.29, 1.82) is 0 Å². The van der Waals surface area contributed by atoms with Gasteiger partial charge in [-0.15, -0.1) is 12.4 Å². The molecule has 0 bridgehead atoms. The van der Waals surface area contributed by atoms with Gasteiger partial charge in [0.15, 0.2) is 0 Å². The molecule has 16 heavy (non-hydrogen) atoms. The first-order chi connectivity index (χ1) is 7.35. The van der Waals surface area contributed by atoms with E-state index in [0.29, 0.717) is 6.54 Å². The fourth-order valence-electron chi connectivity index (χ4n) is 1.82. The van der Waals surface area contributed by atoms with Gasteiger partial charge in [-0.3, -0.25) is 0 Å². The van der Waals surface area contributed by atoms with E-state index in [1.165, 1.54) is 16.3 Å². The van der Waals surface area contributed by atoms with E-state index in [2.05, 4.69) is 30.3 Å². The number of rotatable bonds is 3. The molecule has 0 unspecified atom stereocenters. The second kappa shape index (κ2) is 5.73. The molecule has 0 aliphatic rings. The molecule has 0 spiro atoms. The van der Waals surface area contributed by atoms with Crippen molar-refractivity contribution in [2.45, 2.75) is 6.42 Å². The van der Waals surface area contributed by atoms with Gasteiger partial charge < -0.3 is 10.5 Å². The van der Waals surface area contributed by atoms with Crippen LogP contribution in [0.1, 0.15) is 5.56 Å². The van der Waals surface area contributed by atoms with Gasteiger partial charge in [0.2, 0.25) is 0 Å². The summed E-state index contributed by atoms with van der Waals surface area (Å²) >= 11 is 0. The Morgan fingerprint density at radius 1 is 1.19 bits per heavy atom. The Bertz CT molecular complexity index is 470. The van der Waals surface area contributed by atoms with Crippen LogP contribution in [0.15, 0.2) is 36.4 Å². The van der Waals surface area contributed by atoms with Crippen molar-refractivity contribution >= 4 is 23.2 Å². The van der Waals surface area contributed by atoms with Crippen molar-refractivity contribution in [1.82, 2.24) is 0 Å². The minimum absolute atomic E-state index is 0. The topological polar surface area (TPSA) is 35.2 Å². The van der Waals surface area contributed by atoms with Gasteiger partial charge in [0.1, 0.15) is 5.75 Å². The SMILES string of the molecule is COc1ccc2cccc(CCN)c2c1.Cl. The Kier molecular flexibility index (Phi) is 4.59. The van der Waals surface area contributed by atoms with E-state index in [-0.39, 0.29) is 12.4 Å². The van der Waals surface area contributed by atoms with E-state index in [4.69, 9.17) is 10.5 Å². The van der Waals surface area contributed by atoms with Crippen LogP contribution >= 0.6 is 12.4 Å². The zero-order valence-electron chi connectivity index (χ0n) is 9.27. The number of methoxy groups -OCH3 is 1. The molecule has 2 aromatic rings. The number of benzene rings is 2. The number of hydrogen-bond donors (Lipinski definition) is 1. The first-order valence-corrected chi connectivity index (χ1v) is 5.11. The molecule has 0 fully saturated rings. The molecule has 3 heteroatoms. The molecule has 2 aromatic carbocycles. The molecule has 0 atom stereocenters. The maximum Gasteiger partial charge on any atom is 0.119 e. The average Bonchev–Trinajstić information content (AvgIpc) is 2.29. The fourth-order valence-corrected chi connectivity index (χ4v) is 1.82. The van der Waals surface area contributed by atoms with E-state index >= 15 is 0 Å². The summed E-state index contributed by atoms with van der Waals surface area (Å²) in [4.78, 5) is 0. The normalized spacial score (nSPS) is 9.88. The molecular weight excluding hydrogens is 222 g/mol. The van der Waals surface area contributed by atoms with E-state index in [0.717, 1.165) is 12.2 Å². The van der Waals surface area contributed by atoms with Gasteiger partial charge in [0.05, 0.1) is 7.11 Å². The van der Waals surface area contributed by atoms with Crippen LogP contribution in [0.25, 0.3) is 10.8 Å². The maximum absolute atomic E-state index is 5.59. The van der Waals surface area contributed by atoms with Crippen LogP contribution in [0.5, 0.6) is 5.75 Å². The molecular formula is C13H16ClNO. The van der Waals surface area contributed by atoms with Crippen LogP contribution in [-0.4, -0.2) is 13.7 Å². The Morgan fingerprint density at radius 3 is 2.69 bits per heavy atom. The molecule has 2 rings (SSSR count). The molecule has 0 aromatic heterocycles. The standard InChI is InChI=1S/C13H15NO.ClH/c1-15-12-6-5-10-3-2-4-11(7-8-14)13(10)9-12;/h2-6,9H,7-8,14H2,1H3;1H. The molecule has 0 saturated heterocycles. The van der Waals surface area contributed by atoms with E-state index in [1.54, 1.807) is 7.11 Å². The van der Waals surface area contributed by atoms with Crippen molar-refractivity contribution < 1.29 is 4.74 Å². The van der Waals surface area contributed by atoms with E-state index < -0.39 is 0 Å². The highest BCUT2D eigenvalue weighted by Gasteiger charge is 2.01. The number of halogens is 1. The summed E-state index contributed by atoms with van der Waals surface area (Å²) in [5.74, 6) is 0.895. The highest BCUT2D eigenvalue weighted by molar-refractivity contribution is 5.87. The zero-order valence-corrected chi connectivity index (χ0v) is 10.1. The second-order valence-electron chi connectivity index (χ2n) is 3.54. The second-order valence-corrected chi connectivity index (χ2v) is 3.54. The van der Waals surface area contributed by atoms with Gasteiger partial charge in [-0.1, -0.05) is 24.3 Å². The third-order valence-corrected chi connectivity index (χ3v) is 2.59. The van der Waals surface area contributed by atoms with Gasteiger partial charge >= 0.3 is 0 Å². The minimum atomic E-state index is 0. The zero-order chi connectivity index (χ0) is 10.7. The molecule has 0 aliphatic carbocycles. The summed E-state index contributed by atoms with van der Waals surface area (Å²) in [5, 5.41) is 2.48.